The predicted molar refractivity (Wildman–Crippen MR) is 101 cm³/mol. The van der Waals surface area contributed by atoms with Gasteiger partial charge in [-0.1, -0.05) is 30.3 Å². The Morgan fingerprint density at radius 1 is 1.28 bits per heavy atom. The van der Waals surface area contributed by atoms with E-state index in [1.54, 1.807) is 6.08 Å². The van der Waals surface area contributed by atoms with Gasteiger partial charge in [0, 0.05) is 32.7 Å². The van der Waals surface area contributed by atoms with Crippen LogP contribution in [0, 0.1) is 0 Å². The third kappa shape index (κ3) is 6.98. The number of ether oxygens (including phenoxy) is 1. The molecule has 1 N–H and O–H groups in total. The van der Waals surface area contributed by atoms with E-state index in [0.29, 0.717) is 25.3 Å². The molecule has 5 heteroatoms. The monoisotopic (exact) mass is 345 g/mol. The number of rotatable bonds is 8. The molecule has 1 fully saturated rings. The van der Waals surface area contributed by atoms with Crippen molar-refractivity contribution in [2.75, 3.05) is 33.2 Å². The number of nitrogens with one attached hydrogen (secondary N) is 1. The summed E-state index contributed by atoms with van der Waals surface area (Å²) in [5.41, 5.74) is 2.53. The van der Waals surface area contributed by atoms with E-state index in [1.807, 2.05) is 11.9 Å². The SMILES string of the molecule is C=CCNC(=O)CN(C)Cc1ccc(CN2C[C@@H](C)O[C@@H](C)C2)cc1. The number of nitrogens with zero attached hydrogens (tertiary/aromatic N) is 2. The van der Waals surface area contributed by atoms with Crippen molar-refractivity contribution in [3.8, 4) is 0 Å². The standard InChI is InChI=1S/C20H31N3O2/c1-5-10-21-20(24)15-22(4)13-18-6-8-19(9-7-18)14-23-11-16(2)25-17(3)12-23/h5-9,16-17H,1,10-15H2,2-4H3,(H,21,24)/t16-,17+. The molecule has 0 unspecified atom stereocenters. The second-order valence-electron chi connectivity index (χ2n) is 7.03. The Bertz CT molecular complexity index is 549. The maximum Gasteiger partial charge on any atom is 0.234 e. The highest BCUT2D eigenvalue weighted by atomic mass is 16.5. The van der Waals surface area contributed by atoms with Crippen LogP contribution in [0.15, 0.2) is 36.9 Å². The first-order chi connectivity index (χ1) is 12.0. The number of amides is 1. The summed E-state index contributed by atoms with van der Waals surface area (Å²) >= 11 is 0. The highest BCUT2D eigenvalue weighted by molar-refractivity contribution is 5.78. The molecule has 0 radical (unpaired) electrons. The molecule has 2 rings (SSSR count). The van der Waals surface area contributed by atoms with Gasteiger partial charge in [0.1, 0.15) is 0 Å². The zero-order valence-corrected chi connectivity index (χ0v) is 15.7. The number of likely N-dealkylation sites (N-methyl/N-ethyl adjacent to an activating group) is 1. The molecule has 0 bridgehead atoms. The Labute approximate surface area is 151 Å². The highest BCUT2D eigenvalue weighted by Crippen LogP contribution is 2.15. The van der Waals surface area contributed by atoms with Crippen LogP contribution in [0.5, 0.6) is 0 Å². The Kier molecular flexibility index (Phi) is 7.62. The predicted octanol–water partition coefficient (Wildman–Crippen LogP) is 2.03. The van der Waals surface area contributed by atoms with Gasteiger partial charge in [-0.3, -0.25) is 14.6 Å². The maximum atomic E-state index is 11.7. The van der Waals surface area contributed by atoms with Gasteiger partial charge in [-0.15, -0.1) is 6.58 Å². The van der Waals surface area contributed by atoms with Gasteiger partial charge in [-0.25, -0.2) is 0 Å². The van der Waals surface area contributed by atoms with E-state index in [-0.39, 0.29) is 5.91 Å². The lowest BCUT2D eigenvalue weighted by molar-refractivity contribution is -0.121. The fourth-order valence-electron chi connectivity index (χ4n) is 3.28. The lowest BCUT2D eigenvalue weighted by atomic mass is 10.1. The van der Waals surface area contributed by atoms with Crippen LogP contribution >= 0.6 is 0 Å². The summed E-state index contributed by atoms with van der Waals surface area (Å²) in [6.45, 7) is 12.4. The second kappa shape index (κ2) is 9.70. The molecule has 5 nitrogen and oxygen atoms in total. The maximum absolute atomic E-state index is 11.7. The van der Waals surface area contributed by atoms with E-state index in [2.05, 4.69) is 54.9 Å². The Morgan fingerprint density at radius 3 is 2.48 bits per heavy atom. The first kappa shape index (κ1) is 19.6. The summed E-state index contributed by atoms with van der Waals surface area (Å²) in [4.78, 5) is 16.2. The second-order valence-corrected chi connectivity index (χ2v) is 7.03. The minimum Gasteiger partial charge on any atom is -0.373 e. The fraction of sp³-hybridized carbons (Fsp3) is 0.550. The zero-order valence-electron chi connectivity index (χ0n) is 15.7. The average molecular weight is 345 g/mol. The Hall–Kier alpha value is -1.69. The lowest BCUT2D eigenvalue weighted by Gasteiger charge is -2.35. The van der Waals surface area contributed by atoms with Crippen LogP contribution in [0.4, 0.5) is 0 Å². The van der Waals surface area contributed by atoms with Crippen LogP contribution in [0.25, 0.3) is 0 Å². The summed E-state index contributed by atoms with van der Waals surface area (Å²) in [5.74, 6) is 0.0228. The van der Waals surface area contributed by atoms with Crippen molar-refractivity contribution in [3.05, 3.63) is 48.0 Å². The molecule has 138 valence electrons. The Balaban J connectivity index is 1.81. The van der Waals surface area contributed by atoms with Gasteiger partial charge in [0.05, 0.1) is 18.8 Å². The zero-order chi connectivity index (χ0) is 18.2. The van der Waals surface area contributed by atoms with Crippen molar-refractivity contribution in [2.45, 2.75) is 39.1 Å². The van der Waals surface area contributed by atoms with Gasteiger partial charge in [0.2, 0.25) is 5.91 Å². The lowest BCUT2D eigenvalue weighted by Crippen LogP contribution is -2.44. The van der Waals surface area contributed by atoms with Crippen LogP contribution in [0.3, 0.4) is 0 Å². The van der Waals surface area contributed by atoms with Crippen molar-refractivity contribution in [1.82, 2.24) is 15.1 Å². The van der Waals surface area contributed by atoms with Crippen LogP contribution in [0.2, 0.25) is 0 Å². The van der Waals surface area contributed by atoms with E-state index in [0.717, 1.165) is 26.2 Å². The number of morpholine rings is 1. The number of hydrogen-bond acceptors (Lipinski definition) is 4. The van der Waals surface area contributed by atoms with E-state index in [9.17, 15) is 4.79 Å². The molecular formula is C20H31N3O2. The summed E-state index contributed by atoms with van der Waals surface area (Å²) < 4.78 is 5.79. The summed E-state index contributed by atoms with van der Waals surface area (Å²) in [5, 5.41) is 2.80. The van der Waals surface area contributed by atoms with Crippen molar-refractivity contribution < 1.29 is 9.53 Å². The largest absolute Gasteiger partial charge is 0.373 e. The molecule has 1 amide bonds. The van der Waals surface area contributed by atoms with Gasteiger partial charge in [-0.2, -0.15) is 0 Å². The molecule has 0 spiro atoms. The molecule has 0 aromatic heterocycles. The van der Waals surface area contributed by atoms with E-state index >= 15 is 0 Å². The van der Waals surface area contributed by atoms with E-state index in [1.165, 1.54) is 11.1 Å². The number of carbonyl (C=O) groups is 1. The number of hydrogen-bond donors (Lipinski definition) is 1. The van der Waals surface area contributed by atoms with Gasteiger partial charge in [-0.05, 0) is 32.0 Å². The highest BCUT2D eigenvalue weighted by Gasteiger charge is 2.21. The van der Waals surface area contributed by atoms with Gasteiger partial charge < -0.3 is 10.1 Å². The van der Waals surface area contributed by atoms with Crippen LogP contribution in [0.1, 0.15) is 25.0 Å². The minimum atomic E-state index is 0.0228. The molecule has 0 saturated carbocycles. The minimum absolute atomic E-state index is 0.0228. The van der Waals surface area contributed by atoms with Crippen molar-refractivity contribution in [3.63, 3.8) is 0 Å². The van der Waals surface area contributed by atoms with Crippen molar-refractivity contribution in [2.24, 2.45) is 0 Å². The van der Waals surface area contributed by atoms with Crippen LogP contribution in [-0.2, 0) is 22.6 Å². The first-order valence-electron chi connectivity index (χ1n) is 8.98. The van der Waals surface area contributed by atoms with Crippen LogP contribution < -0.4 is 5.32 Å². The third-order valence-corrected chi connectivity index (χ3v) is 4.23. The molecular weight excluding hydrogens is 314 g/mol. The quantitative estimate of drug-likeness (QED) is 0.732. The molecule has 1 heterocycles. The molecule has 1 aliphatic rings. The molecule has 1 aliphatic heterocycles. The third-order valence-electron chi connectivity index (χ3n) is 4.23. The van der Waals surface area contributed by atoms with Gasteiger partial charge in [0.25, 0.3) is 0 Å². The molecule has 25 heavy (non-hydrogen) atoms. The number of benzene rings is 1. The topological polar surface area (TPSA) is 44.8 Å². The fourth-order valence-corrected chi connectivity index (χ4v) is 3.28. The Morgan fingerprint density at radius 2 is 1.88 bits per heavy atom. The average Bonchev–Trinajstić information content (AvgIpc) is 2.53. The molecule has 1 saturated heterocycles. The summed E-state index contributed by atoms with van der Waals surface area (Å²) in [6.07, 6.45) is 2.28. The van der Waals surface area contributed by atoms with E-state index < -0.39 is 0 Å². The molecule has 1 aromatic rings. The smallest absolute Gasteiger partial charge is 0.234 e. The van der Waals surface area contributed by atoms with Crippen molar-refractivity contribution >= 4 is 5.91 Å². The summed E-state index contributed by atoms with van der Waals surface area (Å²) in [6, 6.07) is 8.68. The van der Waals surface area contributed by atoms with Crippen LogP contribution in [-0.4, -0.2) is 61.1 Å². The first-order valence-corrected chi connectivity index (χ1v) is 8.98. The van der Waals surface area contributed by atoms with Gasteiger partial charge >= 0.3 is 0 Å². The molecule has 1 aromatic carbocycles. The van der Waals surface area contributed by atoms with Crippen molar-refractivity contribution in [1.29, 1.82) is 0 Å². The van der Waals surface area contributed by atoms with Gasteiger partial charge in [0.15, 0.2) is 0 Å². The number of carbonyl (C=O) groups excluding carboxylic acids is 1. The molecule has 0 aliphatic carbocycles. The normalized spacial score (nSPS) is 21.3. The summed E-state index contributed by atoms with van der Waals surface area (Å²) in [7, 11) is 1.96. The molecule has 2 atom stereocenters. The van der Waals surface area contributed by atoms with E-state index in [4.69, 9.17) is 4.74 Å².